The van der Waals surface area contributed by atoms with Crippen LogP contribution in [0.25, 0.3) is 10.8 Å². The molecule has 0 bridgehead atoms. The Morgan fingerprint density at radius 2 is 1.59 bits per heavy atom. The fourth-order valence-corrected chi connectivity index (χ4v) is 2.96. The predicted octanol–water partition coefficient (Wildman–Crippen LogP) is 4.30. The molecule has 0 saturated heterocycles. The minimum atomic E-state index is -0.636. The van der Waals surface area contributed by atoms with Crippen molar-refractivity contribution in [1.29, 1.82) is 0 Å². The average molecular weight is 291 g/mol. The van der Waals surface area contributed by atoms with Crippen LogP contribution in [0.4, 0.5) is 5.69 Å². The molecule has 2 nitrogen and oxygen atoms in total. The predicted molar refractivity (Wildman–Crippen MR) is 93.5 cm³/mol. The first-order valence-electron chi connectivity index (χ1n) is 7.51. The van der Waals surface area contributed by atoms with E-state index in [1.807, 2.05) is 43.3 Å². The van der Waals surface area contributed by atoms with Gasteiger partial charge in [-0.05, 0) is 29.3 Å². The summed E-state index contributed by atoms with van der Waals surface area (Å²) in [6.07, 6.45) is -0.636. The smallest absolute Gasteiger partial charge is 0.107 e. The maximum absolute atomic E-state index is 11.0. The molecule has 0 heterocycles. The van der Waals surface area contributed by atoms with E-state index in [9.17, 15) is 5.11 Å². The molecule has 2 heteroatoms. The van der Waals surface area contributed by atoms with Gasteiger partial charge in [0, 0.05) is 25.3 Å². The molecule has 0 fully saturated rings. The molecule has 0 amide bonds. The van der Waals surface area contributed by atoms with Gasteiger partial charge in [-0.15, -0.1) is 0 Å². The highest BCUT2D eigenvalue weighted by Gasteiger charge is 2.18. The normalized spacial score (nSPS) is 12.4. The largest absolute Gasteiger partial charge is 0.384 e. The van der Waals surface area contributed by atoms with Crippen LogP contribution in [0.5, 0.6) is 0 Å². The van der Waals surface area contributed by atoms with Crippen molar-refractivity contribution in [3.8, 4) is 0 Å². The van der Waals surface area contributed by atoms with Gasteiger partial charge in [-0.1, -0.05) is 60.2 Å². The highest BCUT2D eigenvalue weighted by atomic mass is 16.3. The summed E-state index contributed by atoms with van der Waals surface area (Å²) in [4.78, 5) is 2.04. The molecule has 1 unspecified atom stereocenters. The van der Waals surface area contributed by atoms with Gasteiger partial charge in [0.2, 0.25) is 0 Å². The third-order valence-corrected chi connectivity index (χ3v) is 4.08. The van der Waals surface area contributed by atoms with Gasteiger partial charge in [0.1, 0.15) is 6.10 Å². The molecule has 3 aromatic rings. The Labute approximate surface area is 131 Å². The Morgan fingerprint density at radius 3 is 2.36 bits per heavy atom. The first-order chi connectivity index (χ1) is 10.6. The van der Waals surface area contributed by atoms with Crippen molar-refractivity contribution in [3.63, 3.8) is 0 Å². The fourth-order valence-electron chi connectivity index (χ4n) is 2.96. The van der Waals surface area contributed by atoms with Crippen molar-refractivity contribution in [3.05, 3.63) is 77.4 Å². The van der Waals surface area contributed by atoms with E-state index >= 15 is 0 Å². The summed E-state index contributed by atoms with van der Waals surface area (Å²) in [5, 5.41) is 13.3. The summed E-state index contributed by atoms with van der Waals surface area (Å²) >= 11 is 0. The van der Waals surface area contributed by atoms with Gasteiger partial charge in [0.15, 0.2) is 0 Å². The zero-order valence-electron chi connectivity index (χ0n) is 13.2. The molecule has 0 radical (unpaired) electrons. The van der Waals surface area contributed by atoms with Gasteiger partial charge >= 0.3 is 0 Å². The summed E-state index contributed by atoms with van der Waals surface area (Å²) in [5.41, 5.74) is 4.10. The number of hydrogen-bond acceptors (Lipinski definition) is 2. The number of nitrogens with zero attached hydrogens (tertiary/aromatic N) is 1. The molecule has 0 spiro atoms. The molecular formula is C20H21NO. The van der Waals surface area contributed by atoms with Gasteiger partial charge in [0.25, 0.3) is 0 Å². The number of rotatable bonds is 3. The summed E-state index contributed by atoms with van der Waals surface area (Å²) in [6, 6.07) is 20.5. The highest BCUT2D eigenvalue weighted by Crippen LogP contribution is 2.34. The van der Waals surface area contributed by atoms with Crippen molar-refractivity contribution in [2.24, 2.45) is 0 Å². The number of anilines is 1. The summed E-state index contributed by atoms with van der Waals surface area (Å²) in [7, 11) is 4.01. The Balaban J connectivity index is 2.18. The summed E-state index contributed by atoms with van der Waals surface area (Å²) in [6.45, 7) is 2.05. The highest BCUT2D eigenvalue weighted by molar-refractivity contribution is 5.86. The Kier molecular flexibility index (Phi) is 3.86. The van der Waals surface area contributed by atoms with E-state index in [-0.39, 0.29) is 0 Å². The lowest BCUT2D eigenvalue weighted by atomic mass is 9.94. The minimum absolute atomic E-state index is 0.636. The van der Waals surface area contributed by atoms with Crippen molar-refractivity contribution >= 4 is 16.5 Å². The number of aliphatic hydroxyl groups excluding tert-OH is 1. The van der Waals surface area contributed by atoms with Crippen molar-refractivity contribution < 1.29 is 5.11 Å². The van der Waals surface area contributed by atoms with Crippen LogP contribution in [0.2, 0.25) is 0 Å². The second-order valence-corrected chi connectivity index (χ2v) is 5.93. The Bertz CT molecular complexity index is 802. The lowest BCUT2D eigenvalue weighted by Crippen LogP contribution is -2.14. The molecule has 0 aliphatic heterocycles. The van der Waals surface area contributed by atoms with Gasteiger partial charge in [-0.25, -0.2) is 0 Å². The molecule has 112 valence electrons. The van der Waals surface area contributed by atoms with Crippen LogP contribution in [0, 0.1) is 6.92 Å². The Hall–Kier alpha value is -2.32. The number of aliphatic hydroxyl groups is 1. The molecular weight excluding hydrogens is 270 g/mol. The third-order valence-electron chi connectivity index (χ3n) is 4.08. The average Bonchev–Trinajstić information content (AvgIpc) is 2.53. The van der Waals surface area contributed by atoms with Crippen LogP contribution in [-0.4, -0.2) is 19.2 Å². The number of aryl methyl sites for hydroxylation is 1. The molecule has 3 rings (SSSR count). The fraction of sp³-hybridized carbons (Fsp3) is 0.200. The lowest BCUT2D eigenvalue weighted by Gasteiger charge is -2.22. The van der Waals surface area contributed by atoms with Crippen LogP contribution in [-0.2, 0) is 0 Å². The second kappa shape index (κ2) is 5.82. The zero-order valence-corrected chi connectivity index (χ0v) is 13.2. The van der Waals surface area contributed by atoms with Gasteiger partial charge in [-0.3, -0.25) is 0 Å². The summed E-state index contributed by atoms with van der Waals surface area (Å²) in [5.74, 6) is 0. The molecule has 0 saturated carbocycles. The molecule has 0 aromatic heterocycles. The van der Waals surface area contributed by atoms with E-state index in [1.54, 1.807) is 0 Å². The maximum atomic E-state index is 11.0. The maximum Gasteiger partial charge on any atom is 0.107 e. The standard InChI is InChI=1S/C20H21NO/c1-14-11-12-19(21(2)3)18(13-14)20(22)17-10-6-8-15-7-4-5-9-16(15)17/h4-13,20,22H,1-3H3. The third kappa shape index (κ3) is 2.58. The van der Waals surface area contributed by atoms with Gasteiger partial charge < -0.3 is 10.0 Å². The van der Waals surface area contributed by atoms with Crippen LogP contribution >= 0.6 is 0 Å². The molecule has 3 aromatic carbocycles. The SMILES string of the molecule is Cc1ccc(N(C)C)c(C(O)c2cccc3ccccc23)c1. The number of benzene rings is 3. The summed E-state index contributed by atoms with van der Waals surface area (Å²) < 4.78 is 0. The van der Waals surface area contributed by atoms with Crippen molar-refractivity contribution in [1.82, 2.24) is 0 Å². The molecule has 0 aliphatic carbocycles. The van der Waals surface area contributed by atoms with Crippen molar-refractivity contribution in [2.45, 2.75) is 13.0 Å². The quantitative estimate of drug-likeness (QED) is 0.778. The monoisotopic (exact) mass is 291 g/mol. The number of hydrogen-bond donors (Lipinski definition) is 1. The second-order valence-electron chi connectivity index (χ2n) is 5.93. The van der Waals surface area contributed by atoms with E-state index in [4.69, 9.17) is 0 Å². The van der Waals surface area contributed by atoms with E-state index in [0.29, 0.717) is 0 Å². The van der Waals surface area contributed by atoms with E-state index in [1.165, 1.54) is 0 Å². The van der Waals surface area contributed by atoms with Gasteiger partial charge in [0.05, 0.1) is 0 Å². The first kappa shape index (κ1) is 14.6. The zero-order chi connectivity index (χ0) is 15.7. The van der Waals surface area contributed by atoms with E-state index < -0.39 is 6.10 Å². The topological polar surface area (TPSA) is 23.5 Å². The molecule has 22 heavy (non-hydrogen) atoms. The van der Waals surface area contributed by atoms with Gasteiger partial charge in [-0.2, -0.15) is 0 Å². The van der Waals surface area contributed by atoms with Crippen LogP contribution in [0.1, 0.15) is 22.8 Å². The minimum Gasteiger partial charge on any atom is -0.384 e. The van der Waals surface area contributed by atoms with E-state index in [2.05, 4.69) is 43.3 Å². The lowest BCUT2D eigenvalue weighted by molar-refractivity contribution is 0.222. The molecule has 0 aliphatic rings. The first-order valence-corrected chi connectivity index (χ1v) is 7.51. The van der Waals surface area contributed by atoms with Crippen LogP contribution < -0.4 is 4.90 Å². The molecule has 1 atom stereocenters. The van der Waals surface area contributed by atoms with Crippen LogP contribution in [0.3, 0.4) is 0 Å². The van der Waals surface area contributed by atoms with E-state index in [0.717, 1.165) is 33.2 Å². The molecule has 1 N–H and O–H groups in total. The van der Waals surface area contributed by atoms with Crippen molar-refractivity contribution in [2.75, 3.05) is 19.0 Å². The number of fused-ring (bicyclic) bond motifs is 1. The Morgan fingerprint density at radius 1 is 0.864 bits per heavy atom. The van der Waals surface area contributed by atoms with Crippen LogP contribution in [0.15, 0.2) is 60.7 Å².